The first-order valence-electron chi connectivity index (χ1n) is 7.12. The van der Waals surface area contributed by atoms with E-state index < -0.39 is 35.0 Å². The second-order valence-corrected chi connectivity index (χ2v) is 6.04. The van der Waals surface area contributed by atoms with Crippen LogP contribution < -0.4 is 0 Å². The number of carbonyl (C=O) groups is 1. The lowest BCUT2D eigenvalue weighted by Crippen LogP contribution is -2.55. The van der Waals surface area contributed by atoms with Crippen LogP contribution in [0.25, 0.3) is 0 Å². The molecule has 0 unspecified atom stereocenters. The first kappa shape index (κ1) is 17.7. The highest BCUT2D eigenvalue weighted by Gasteiger charge is 2.41. The number of amides is 1. The third-order valence-corrected chi connectivity index (χ3v) is 3.43. The standard InChI is InChI=1S/C15H19F3N2O3/c1-14(2)9-20(7-10(23-14)8-22-3)13(21)11-5-4-6-19-12(11)15(16,17)18/h4-6,10H,7-9H2,1-3H3/t10-/m1/s1. The summed E-state index contributed by atoms with van der Waals surface area (Å²) in [6.45, 7) is 4.18. The number of halogens is 3. The van der Waals surface area contributed by atoms with Crippen LogP contribution in [-0.2, 0) is 15.7 Å². The Balaban J connectivity index is 2.29. The molecule has 0 radical (unpaired) electrons. The Morgan fingerprint density at radius 3 is 2.83 bits per heavy atom. The summed E-state index contributed by atoms with van der Waals surface area (Å²) < 4.78 is 49.9. The first-order chi connectivity index (χ1) is 10.6. The normalized spacial score (nSPS) is 21.3. The van der Waals surface area contributed by atoms with Crippen molar-refractivity contribution in [3.05, 3.63) is 29.6 Å². The van der Waals surface area contributed by atoms with Crippen molar-refractivity contribution in [2.24, 2.45) is 0 Å². The van der Waals surface area contributed by atoms with Crippen LogP contribution in [0.4, 0.5) is 13.2 Å². The van der Waals surface area contributed by atoms with E-state index in [4.69, 9.17) is 9.47 Å². The maximum Gasteiger partial charge on any atom is 0.434 e. The number of hydrogen-bond donors (Lipinski definition) is 0. The summed E-state index contributed by atoms with van der Waals surface area (Å²) in [5, 5.41) is 0. The van der Waals surface area contributed by atoms with E-state index in [1.165, 1.54) is 18.1 Å². The highest BCUT2D eigenvalue weighted by molar-refractivity contribution is 5.95. The Morgan fingerprint density at radius 1 is 1.52 bits per heavy atom. The van der Waals surface area contributed by atoms with Crippen LogP contribution in [0.15, 0.2) is 18.3 Å². The fourth-order valence-corrected chi connectivity index (χ4v) is 2.70. The number of methoxy groups -OCH3 is 1. The molecule has 0 saturated carbocycles. The molecule has 1 aromatic heterocycles. The van der Waals surface area contributed by atoms with E-state index in [-0.39, 0.29) is 19.7 Å². The molecule has 23 heavy (non-hydrogen) atoms. The molecule has 1 atom stereocenters. The third-order valence-electron chi connectivity index (χ3n) is 3.43. The third kappa shape index (κ3) is 4.20. The quantitative estimate of drug-likeness (QED) is 0.853. The smallest absolute Gasteiger partial charge is 0.382 e. The molecule has 1 aliphatic heterocycles. The highest BCUT2D eigenvalue weighted by Crippen LogP contribution is 2.31. The minimum Gasteiger partial charge on any atom is -0.382 e. The van der Waals surface area contributed by atoms with Crippen molar-refractivity contribution < 1.29 is 27.4 Å². The number of nitrogens with zero attached hydrogens (tertiary/aromatic N) is 2. The molecule has 1 fully saturated rings. The van der Waals surface area contributed by atoms with Gasteiger partial charge in [-0.3, -0.25) is 9.78 Å². The Morgan fingerprint density at radius 2 is 2.22 bits per heavy atom. The molecular formula is C15H19F3N2O3. The molecule has 0 spiro atoms. The molecule has 2 heterocycles. The topological polar surface area (TPSA) is 51.7 Å². The van der Waals surface area contributed by atoms with Crippen LogP contribution in [0, 0.1) is 0 Å². The largest absolute Gasteiger partial charge is 0.434 e. The van der Waals surface area contributed by atoms with Crippen LogP contribution >= 0.6 is 0 Å². The number of alkyl halides is 3. The summed E-state index contributed by atoms with van der Waals surface area (Å²) in [5.41, 5.74) is -2.29. The van der Waals surface area contributed by atoms with Gasteiger partial charge in [-0.2, -0.15) is 13.2 Å². The lowest BCUT2D eigenvalue weighted by molar-refractivity contribution is -0.145. The number of ether oxygens (including phenoxy) is 2. The summed E-state index contributed by atoms with van der Waals surface area (Å²) in [6, 6.07) is 2.46. The van der Waals surface area contributed by atoms with Crippen molar-refractivity contribution in [3.8, 4) is 0 Å². The first-order valence-corrected chi connectivity index (χ1v) is 7.12. The molecule has 1 aromatic rings. The minimum absolute atomic E-state index is 0.169. The van der Waals surface area contributed by atoms with Gasteiger partial charge in [-0.1, -0.05) is 0 Å². The molecule has 1 saturated heterocycles. The van der Waals surface area contributed by atoms with Gasteiger partial charge < -0.3 is 14.4 Å². The Kier molecular flexibility index (Phi) is 4.95. The van der Waals surface area contributed by atoms with Crippen LogP contribution in [0.5, 0.6) is 0 Å². The number of hydrogen-bond acceptors (Lipinski definition) is 4. The molecule has 1 amide bonds. The molecular weight excluding hydrogens is 313 g/mol. The van der Waals surface area contributed by atoms with Gasteiger partial charge in [-0.25, -0.2) is 0 Å². The van der Waals surface area contributed by atoms with Crippen molar-refractivity contribution in [1.29, 1.82) is 0 Å². The van der Waals surface area contributed by atoms with Crippen molar-refractivity contribution in [3.63, 3.8) is 0 Å². The van der Waals surface area contributed by atoms with Crippen molar-refractivity contribution >= 4 is 5.91 Å². The Labute approximate surface area is 132 Å². The zero-order valence-corrected chi connectivity index (χ0v) is 13.2. The maximum absolute atomic E-state index is 13.0. The molecule has 128 valence electrons. The van der Waals surface area contributed by atoms with Gasteiger partial charge in [0.1, 0.15) is 0 Å². The molecule has 0 N–H and O–H groups in total. The van der Waals surface area contributed by atoms with E-state index in [1.54, 1.807) is 13.8 Å². The molecule has 8 heteroatoms. The fourth-order valence-electron chi connectivity index (χ4n) is 2.70. The lowest BCUT2D eigenvalue weighted by atomic mass is 10.0. The summed E-state index contributed by atoms with van der Waals surface area (Å²) in [7, 11) is 1.50. The molecule has 2 rings (SSSR count). The SMILES string of the molecule is COC[C@H]1CN(C(=O)c2cccnc2C(F)(F)F)CC(C)(C)O1. The predicted octanol–water partition coefficient (Wildman–Crippen LogP) is 2.37. The average Bonchev–Trinajstić information content (AvgIpc) is 2.44. The number of aromatic nitrogens is 1. The van der Waals surface area contributed by atoms with Crippen molar-refractivity contribution in [2.75, 3.05) is 26.8 Å². The fraction of sp³-hybridized carbons (Fsp3) is 0.600. The number of pyridine rings is 1. The number of morpholine rings is 1. The van der Waals surface area contributed by atoms with Gasteiger partial charge in [0.05, 0.1) is 23.9 Å². The second kappa shape index (κ2) is 6.45. The van der Waals surface area contributed by atoms with E-state index >= 15 is 0 Å². The van der Waals surface area contributed by atoms with Crippen LogP contribution in [0.1, 0.15) is 29.9 Å². The van der Waals surface area contributed by atoms with E-state index in [0.717, 1.165) is 12.3 Å². The van der Waals surface area contributed by atoms with Crippen molar-refractivity contribution in [2.45, 2.75) is 31.7 Å². The van der Waals surface area contributed by atoms with Gasteiger partial charge in [-0.15, -0.1) is 0 Å². The molecule has 0 aliphatic carbocycles. The van der Waals surface area contributed by atoms with Crippen molar-refractivity contribution in [1.82, 2.24) is 9.88 Å². The molecule has 1 aliphatic rings. The number of rotatable bonds is 3. The van der Waals surface area contributed by atoms with Gasteiger partial charge >= 0.3 is 6.18 Å². The monoisotopic (exact) mass is 332 g/mol. The van der Waals surface area contributed by atoms with E-state index in [2.05, 4.69) is 4.98 Å². The summed E-state index contributed by atoms with van der Waals surface area (Å²) in [4.78, 5) is 17.3. The summed E-state index contributed by atoms with van der Waals surface area (Å²) in [5.74, 6) is -0.706. The van der Waals surface area contributed by atoms with Gasteiger partial charge in [0.15, 0.2) is 5.69 Å². The Hall–Kier alpha value is -1.67. The van der Waals surface area contributed by atoms with Crippen LogP contribution in [0.3, 0.4) is 0 Å². The molecule has 0 bridgehead atoms. The zero-order chi connectivity index (χ0) is 17.3. The Bertz CT molecular complexity index is 575. The van der Waals surface area contributed by atoms with Gasteiger partial charge in [-0.05, 0) is 26.0 Å². The molecule has 0 aromatic carbocycles. The van der Waals surface area contributed by atoms with E-state index in [9.17, 15) is 18.0 Å². The molecule has 5 nitrogen and oxygen atoms in total. The summed E-state index contributed by atoms with van der Waals surface area (Å²) >= 11 is 0. The zero-order valence-electron chi connectivity index (χ0n) is 13.2. The van der Waals surface area contributed by atoms with E-state index in [1.807, 2.05) is 0 Å². The lowest BCUT2D eigenvalue weighted by Gasteiger charge is -2.42. The minimum atomic E-state index is -4.68. The maximum atomic E-state index is 13.0. The second-order valence-electron chi connectivity index (χ2n) is 6.04. The average molecular weight is 332 g/mol. The van der Waals surface area contributed by atoms with Crippen LogP contribution in [0.2, 0.25) is 0 Å². The number of carbonyl (C=O) groups excluding carboxylic acids is 1. The highest BCUT2D eigenvalue weighted by atomic mass is 19.4. The van der Waals surface area contributed by atoms with Crippen LogP contribution in [-0.4, -0.2) is 54.3 Å². The predicted molar refractivity (Wildman–Crippen MR) is 76.0 cm³/mol. The van der Waals surface area contributed by atoms with Gasteiger partial charge in [0.25, 0.3) is 5.91 Å². The van der Waals surface area contributed by atoms with Gasteiger partial charge in [0, 0.05) is 26.4 Å². The summed E-state index contributed by atoms with van der Waals surface area (Å²) in [6.07, 6.45) is -4.05. The van der Waals surface area contributed by atoms with Gasteiger partial charge in [0.2, 0.25) is 0 Å². The van der Waals surface area contributed by atoms with E-state index in [0.29, 0.717) is 0 Å².